The van der Waals surface area contributed by atoms with Gasteiger partial charge in [0.25, 0.3) is 0 Å². The van der Waals surface area contributed by atoms with Gasteiger partial charge in [0.05, 0.1) is 18.4 Å². The fraction of sp³-hybridized carbons (Fsp3) is 0.500. The minimum atomic E-state index is -0.837. The average molecular weight is 443 g/mol. The molecule has 0 spiro atoms. The molecule has 0 bridgehead atoms. The van der Waals surface area contributed by atoms with Crippen LogP contribution in [0.15, 0.2) is 42.6 Å². The van der Waals surface area contributed by atoms with Crippen molar-refractivity contribution in [2.75, 3.05) is 44.2 Å². The summed E-state index contributed by atoms with van der Waals surface area (Å²) in [6, 6.07) is 11.0. The maximum Gasteiger partial charge on any atom is 0.222 e. The molecular formula is C24H31FN4O3. The van der Waals surface area contributed by atoms with Crippen LogP contribution in [0.3, 0.4) is 0 Å². The van der Waals surface area contributed by atoms with E-state index in [1.807, 2.05) is 34.1 Å². The quantitative estimate of drug-likeness (QED) is 0.550. The van der Waals surface area contributed by atoms with Crippen LogP contribution < -0.4 is 15.0 Å². The van der Waals surface area contributed by atoms with Crippen molar-refractivity contribution in [3.05, 3.63) is 54.0 Å². The van der Waals surface area contributed by atoms with Gasteiger partial charge in [0.15, 0.2) is 0 Å². The third kappa shape index (κ3) is 5.95. The van der Waals surface area contributed by atoms with E-state index in [2.05, 4.69) is 10.3 Å². The third-order valence-corrected chi connectivity index (χ3v) is 6.09. The van der Waals surface area contributed by atoms with E-state index in [0.717, 1.165) is 37.2 Å². The van der Waals surface area contributed by atoms with E-state index in [1.54, 1.807) is 6.07 Å². The molecule has 1 aromatic heterocycles. The molecule has 0 saturated carbocycles. The fourth-order valence-electron chi connectivity index (χ4n) is 4.28. The summed E-state index contributed by atoms with van der Waals surface area (Å²) >= 11 is 0. The van der Waals surface area contributed by atoms with Gasteiger partial charge in [0.2, 0.25) is 5.91 Å². The van der Waals surface area contributed by atoms with Crippen molar-refractivity contribution in [1.29, 1.82) is 0 Å². The summed E-state index contributed by atoms with van der Waals surface area (Å²) in [5, 5.41) is 14.2. The SMILES string of the molecule is O=C1CCCN1CCCOc1ccc(CNCC2(O)CCN(c3ccc(F)cn3)C2)cc1. The number of rotatable bonds is 10. The molecule has 2 aliphatic heterocycles. The first-order chi connectivity index (χ1) is 15.5. The van der Waals surface area contributed by atoms with E-state index in [9.17, 15) is 14.3 Å². The summed E-state index contributed by atoms with van der Waals surface area (Å²) in [5.74, 6) is 1.40. The molecule has 1 unspecified atom stereocenters. The second kappa shape index (κ2) is 10.3. The molecule has 2 fully saturated rings. The molecule has 32 heavy (non-hydrogen) atoms. The normalized spacial score (nSPS) is 20.9. The molecular weight excluding hydrogens is 411 g/mol. The lowest BCUT2D eigenvalue weighted by Gasteiger charge is -2.24. The van der Waals surface area contributed by atoms with Gasteiger partial charge in [-0.05, 0) is 49.1 Å². The molecule has 2 aromatic rings. The van der Waals surface area contributed by atoms with E-state index >= 15 is 0 Å². The number of pyridine rings is 1. The maximum atomic E-state index is 13.1. The van der Waals surface area contributed by atoms with E-state index in [4.69, 9.17) is 4.74 Å². The Kier molecular flexibility index (Phi) is 7.22. The molecule has 0 radical (unpaired) electrons. The summed E-state index contributed by atoms with van der Waals surface area (Å²) in [6.45, 7) is 4.50. The van der Waals surface area contributed by atoms with Crippen molar-refractivity contribution < 1.29 is 19.0 Å². The van der Waals surface area contributed by atoms with Crippen LogP contribution in [0.25, 0.3) is 0 Å². The van der Waals surface area contributed by atoms with Crippen LogP contribution >= 0.6 is 0 Å². The monoisotopic (exact) mass is 442 g/mol. The molecule has 3 heterocycles. The minimum absolute atomic E-state index is 0.254. The van der Waals surface area contributed by atoms with Gasteiger partial charge in [-0.3, -0.25) is 4.79 Å². The number of likely N-dealkylation sites (tertiary alicyclic amines) is 1. The molecule has 172 valence electrons. The number of carbonyl (C=O) groups excluding carboxylic acids is 1. The number of amides is 1. The highest BCUT2D eigenvalue weighted by atomic mass is 19.1. The number of anilines is 1. The summed E-state index contributed by atoms with van der Waals surface area (Å²) in [5.41, 5.74) is 0.272. The van der Waals surface area contributed by atoms with Gasteiger partial charge in [-0.25, -0.2) is 9.37 Å². The second-order valence-corrected chi connectivity index (χ2v) is 8.66. The zero-order valence-corrected chi connectivity index (χ0v) is 18.3. The summed E-state index contributed by atoms with van der Waals surface area (Å²) < 4.78 is 18.9. The Hall–Kier alpha value is -2.71. The maximum absolute atomic E-state index is 13.1. The van der Waals surface area contributed by atoms with Gasteiger partial charge in [0, 0.05) is 45.7 Å². The van der Waals surface area contributed by atoms with Crippen molar-refractivity contribution in [3.63, 3.8) is 0 Å². The molecule has 1 atom stereocenters. The fourth-order valence-corrected chi connectivity index (χ4v) is 4.28. The van der Waals surface area contributed by atoms with Crippen molar-refractivity contribution in [1.82, 2.24) is 15.2 Å². The summed E-state index contributed by atoms with van der Waals surface area (Å²) in [7, 11) is 0. The number of nitrogens with zero attached hydrogens (tertiary/aromatic N) is 3. The number of halogens is 1. The number of carbonyl (C=O) groups is 1. The van der Waals surface area contributed by atoms with Gasteiger partial charge in [-0.1, -0.05) is 12.1 Å². The molecule has 0 aliphatic carbocycles. The predicted octanol–water partition coefficient (Wildman–Crippen LogP) is 2.34. The van der Waals surface area contributed by atoms with Crippen molar-refractivity contribution in [3.8, 4) is 5.75 Å². The van der Waals surface area contributed by atoms with Crippen LogP contribution in [0, 0.1) is 5.82 Å². The van der Waals surface area contributed by atoms with Crippen molar-refractivity contribution in [2.24, 2.45) is 0 Å². The van der Waals surface area contributed by atoms with Crippen LogP contribution in [0.1, 0.15) is 31.2 Å². The topological polar surface area (TPSA) is 77.9 Å². The van der Waals surface area contributed by atoms with Crippen LogP contribution in [-0.2, 0) is 11.3 Å². The summed E-state index contributed by atoms with van der Waals surface area (Å²) in [6.07, 6.45) is 4.31. The lowest BCUT2D eigenvalue weighted by atomic mass is 10.0. The Morgan fingerprint density at radius 1 is 1.19 bits per heavy atom. The number of hydrogen-bond acceptors (Lipinski definition) is 6. The van der Waals surface area contributed by atoms with Crippen LogP contribution in [0.4, 0.5) is 10.2 Å². The minimum Gasteiger partial charge on any atom is -0.494 e. The first kappa shape index (κ1) is 22.5. The Balaban J connectivity index is 1.15. The van der Waals surface area contributed by atoms with E-state index < -0.39 is 5.60 Å². The lowest BCUT2D eigenvalue weighted by Crippen LogP contribution is -2.43. The Bertz CT molecular complexity index is 893. The highest BCUT2D eigenvalue weighted by Gasteiger charge is 2.36. The van der Waals surface area contributed by atoms with Crippen LogP contribution in [-0.4, -0.2) is 65.8 Å². The Morgan fingerprint density at radius 2 is 2.03 bits per heavy atom. The standard InChI is InChI=1S/C24H31FN4O3/c25-20-6-9-22(27-16-20)29-13-10-24(31,18-29)17-26-15-19-4-7-21(8-5-19)32-14-2-12-28-11-1-3-23(28)30/h4-9,16,26,31H,1-3,10-15,17-18H2. The highest BCUT2D eigenvalue weighted by Crippen LogP contribution is 2.25. The van der Waals surface area contributed by atoms with Crippen LogP contribution in [0.2, 0.25) is 0 Å². The number of ether oxygens (including phenoxy) is 1. The predicted molar refractivity (Wildman–Crippen MR) is 120 cm³/mol. The summed E-state index contributed by atoms with van der Waals surface area (Å²) in [4.78, 5) is 19.6. The largest absolute Gasteiger partial charge is 0.494 e. The third-order valence-electron chi connectivity index (χ3n) is 6.09. The highest BCUT2D eigenvalue weighted by molar-refractivity contribution is 5.77. The zero-order chi connectivity index (χ0) is 22.4. The van der Waals surface area contributed by atoms with Gasteiger partial charge < -0.3 is 25.0 Å². The number of benzene rings is 1. The molecule has 1 aromatic carbocycles. The molecule has 1 amide bonds. The molecule has 2 aliphatic rings. The first-order valence-electron chi connectivity index (χ1n) is 11.3. The Morgan fingerprint density at radius 3 is 2.75 bits per heavy atom. The molecule has 8 heteroatoms. The van der Waals surface area contributed by atoms with E-state index in [-0.39, 0.29) is 11.7 Å². The van der Waals surface area contributed by atoms with Gasteiger partial charge in [0.1, 0.15) is 17.4 Å². The van der Waals surface area contributed by atoms with Crippen molar-refractivity contribution >= 4 is 11.7 Å². The van der Waals surface area contributed by atoms with Gasteiger partial charge in [-0.15, -0.1) is 0 Å². The van der Waals surface area contributed by atoms with Crippen molar-refractivity contribution in [2.45, 2.75) is 37.8 Å². The Labute approximate surface area is 188 Å². The number of β-amino-alcohol motifs (C(OH)–C–C–N with tert-alkyl or cyclic N) is 1. The molecule has 4 rings (SSSR count). The average Bonchev–Trinajstić information content (AvgIpc) is 3.38. The number of aromatic nitrogens is 1. The second-order valence-electron chi connectivity index (χ2n) is 8.66. The zero-order valence-electron chi connectivity index (χ0n) is 18.3. The number of hydrogen-bond donors (Lipinski definition) is 2. The smallest absolute Gasteiger partial charge is 0.222 e. The lowest BCUT2D eigenvalue weighted by molar-refractivity contribution is -0.127. The van der Waals surface area contributed by atoms with Gasteiger partial charge in [-0.2, -0.15) is 0 Å². The first-order valence-corrected chi connectivity index (χ1v) is 11.3. The number of aliphatic hydroxyl groups is 1. The van der Waals surface area contributed by atoms with Gasteiger partial charge >= 0.3 is 0 Å². The van der Waals surface area contributed by atoms with E-state index in [1.165, 1.54) is 12.3 Å². The molecule has 7 nitrogen and oxygen atoms in total. The molecule has 2 N–H and O–H groups in total. The number of nitrogens with one attached hydrogen (secondary N) is 1. The molecule has 2 saturated heterocycles. The van der Waals surface area contributed by atoms with E-state index in [0.29, 0.717) is 51.4 Å². The van der Waals surface area contributed by atoms with Crippen LogP contribution in [0.5, 0.6) is 5.75 Å².